The Hall–Kier alpha value is -1.80. The molecule has 0 saturated heterocycles. The Morgan fingerprint density at radius 2 is 1.84 bits per heavy atom. The fraction of sp³-hybridized carbons (Fsp3) is 0.294. The summed E-state index contributed by atoms with van der Waals surface area (Å²) in [5, 5.41) is 0. The highest BCUT2D eigenvalue weighted by Crippen LogP contribution is 2.39. The van der Waals surface area contributed by atoms with Crippen LogP contribution in [0.5, 0.6) is 5.75 Å². The number of nitrogens with two attached hydrogens (primary N) is 1. The van der Waals surface area contributed by atoms with E-state index in [0.717, 1.165) is 12.2 Å². The zero-order chi connectivity index (χ0) is 13.4. The van der Waals surface area contributed by atoms with Crippen molar-refractivity contribution in [2.24, 2.45) is 5.73 Å². The molecule has 19 heavy (non-hydrogen) atoms. The fourth-order valence-electron chi connectivity index (χ4n) is 2.67. The Kier molecular flexibility index (Phi) is 3.03. The van der Waals surface area contributed by atoms with Crippen LogP contribution in [0.4, 0.5) is 0 Å². The molecule has 0 aliphatic carbocycles. The molecule has 0 spiro atoms. The van der Waals surface area contributed by atoms with Crippen LogP contribution in [0.2, 0.25) is 0 Å². The predicted octanol–water partition coefficient (Wildman–Crippen LogP) is 3.23. The Balaban J connectivity index is 2.10. The number of hydrogen-bond acceptors (Lipinski definition) is 2. The van der Waals surface area contributed by atoms with Gasteiger partial charge in [-0.25, -0.2) is 0 Å². The van der Waals surface area contributed by atoms with Gasteiger partial charge in [0.05, 0.1) is 0 Å². The van der Waals surface area contributed by atoms with Gasteiger partial charge in [-0.1, -0.05) is 35.9 Å². The summed E-state index contributed by atoms with van der Waals surface area (Å²) in [7, 11) is 0. The van der Waals surface area contributed by atoms with Crippen LogP contribution in [0, 0.1) is 13.8 Å². The van der Waals surface area contributed by atoms with Crippen molar-refractivity contribution in [2.75, 3.05) is 6.54 Å². The van der Waals surface area contributed by atoms with E-state index >= 15 is 0 Å². The SMILES string of the molecule is Cc1ccc(-c2cc(C)cc3c2OC(CN)C3)cc1. The second-order valence-corrected chi connectivity index (χ2v) is 5.35. The molecule has 3 rings (SSSR count). The number of hydrogen-bond donors (Lipinski definition) is 1. The first-order chi connectivity index (χ1) is 9.17. The van der Waals surface area contributed by atoms with E-state index in [0.29, 0.717) is 6.54 Å². The van der Waals surface area contributed by atoms with E-state index in [9.17, 15) is 0 Å². The molecule has 1 heterocycles. The highest BCUT2D eigenvalue weighted by atomic mass is 16.5. The molecule has 1 aliphatic rings. The lowest BCUT2D eigenvalue weighted by Gasteiger charge is -2.12. The zero-order valence-corrected chi connectivity index (χ0v) is 11.4. The monoisotopic (exact) mass is 253 g/mol. The molecule has 2 aromatic rings. The van der Waals surface area contributed by atoms with Gasteiger partial charge in [0.1, 0.15) is 11.9 Å². The number of benzene rings is 2. The molecule has 1 aliphatic heterocycles. The maximum atomic E-state index is 6.00. The lowest BCUT2D eigenvalue weighted by Crippen LogP contribution is -2.24. The number of fused-ring (bicyclic) bond motifs is 1. The molecule has 1 atom stereocenters. The predicted molar refractivity (Wildman–Crippen MR) is 78.5 cm³/mol. The van der Waals surface area contributed by atoms with Gasteiger partial charge >= 0.3 is 0 Å². The molecule has 2 heteroatoms. The van der Waals surface area contributed by atoms with Crippen LogP contribution in [0.15, 0.2) is 36.4 Å². The molecule has 1 unspecified atom stereocenters. The largest absolute Gasteiger partial charge is 0.488 e. The Labute approximate surface area is 114 Å². The molecule has 0 saturated carbocycles. The molecule has 2 aromatic carbocycles. The third-order valence-electron chi connectivity index (χ3n) is 3.67. The van der Waals surface area contributed by atoms with Crippen molar-refractivity contribution in [2.45, 2.75) is 26.4 Å². The summed E-state index contributed by atoms with van der Waals surface area (Å²) in [6, 6.07) is 13.0. The standard InChI is InChI=1S/C17H19NO/c1-11-3-5-13(6-4-11)16-8-12(2)7-14-9-15(10-18)19-17(14)16/h3-8,15H,9-10,18H2,1-2H3. The minimum atomic E-state index is 0.126. The van der Waals surface area contributed by atoms with Crippen LogP contribution in [0.25, 0.3) is 11.1 Å². The average Bonchev–Trinajstić information content (AvgIpc) is 2.81. The Bertz CT molecular complexity index is 601. The smallest absolute Gasteiger partial charge is 0.130 e. The zero-order valence-electron chi connectivity index (χ0n) is 11.4. The van der Waals surface area contributed by atoms with Gasteiger partial charge in [-0.3, -0.25) is 0 Å². The first-order valence-electron chi connectivity index (χ1n) is 6.74. The highest BCUT2D eigenvalue weighted by Gasteiger charge is 2.25. The molecule has 98 valence electrons. The first-order valence-corrected chi connectivity index (χ1v) is 6.74. The maximum Gasteiger partial charge on any atom is 0.130 e. The van der Waals surface area contributed by atoms with E-state index in [1.807, 2.05) is 0 Å². The molecule has 0 fully saturated rings. The van der Waals surface area contributed by atoms with Crippen molar-refractivity contribution in [3.63, 3.8) is 0 Å². The topological polar surface area (TPSA) is 35.2 Å². The summed E-state index contributed by atoms with van der Waals surface area (Å²) in [5.74, 6) is 1.02. The van der Waals surface area contributed by atoms with Crippen LogP contribution >= 0.6 is 0 Å². The minimum absolute atomic E-state index is 0.126. The maximum absolute atomic E-state index is 6.00. The van der Waals surface area contributed by atoms with Crippen LogP contribution in [0.3, 0.4) is 0 Å². The van der Waals surface area contributed by atoms with Crippen LogP contribution in [0.1, 0.15) is 16.7 Å². The summed E-state index contributed by atoms with van der Waals surface area (Å²) in [5.41, 5.74) is 12.0. The Morgan fingerprint density at radius 1 is 1.11 bits per heavy atom. The molecule has 0 amide bonds. The van der Waals surface area contributed by atoms with Gasteiger partial charge in [-0.15, -0.1) is 0 Å². The van der Waals surface area contributed by atoms with Crippen LogP contribution in [-0.4, -0.2) is 12.6 Å². The van der Waals surface area contributed by atoms with Crippen molar-refractivity contribution in [3.05, 3.63) is 53.1 Å². The lowest BCUT2D eigenvalue weighted by molar-refractivity contribution is 0.242. The van der Waals surface area contributed by atoms with Crippen molar-refractivity contribution in [3.8, 4) is 16.9 Å². The Morgan fingerprint density at radius 3 is 2.53 bits per heavy atom. The van der Waals surface area contributed by atoms with E-state index in [2.05, 4.69) is 50.2 Å². The summed E-state index contributed by atoms with van der Waals surface area (Å²) in [6.45, 7) is 4.81. The number of rotatable bonds is 2. The van der Waals surface area contributed by atoms with Gasteiger partial charge in [0.2, 0.25) is 0 Å². The molecule has 2 N–H and O–H groups in total. The van der Waals surface area contributed by atoms with Crippen LogP contribution < -0.4 is 10.5 Å². The first kappa shape index (κ1) is 12.2. The van der Waals surface area contributed by atoms with Gasteiger partial charge < -0.3 is 10.5 Å². The summed E-state index contributed by atoms with van der Waals surface area (Å²) in [4.78, 5) is 0. The minimum Gasteiger partial charge on any atom is -0.488 e. The quantitative estimate of drug-likeness (QED) is 0.891. The molecule has 0 aromatic heterocycles. The van der Waals surface area contributed by atoms with Gasteiger partial charge in [0.25, 0.3) is 0 Å². The molecular formula is C17H19NO. The van der Waals surface area contributed by atoms with Gasteiger partial charge in [0.15, 0.2) is 0 Å². The van der Waals surface area contributed by atoms with Crippen molar-refractivity contribution in [1.82, 2.24) is 0 Å². The van der Waals surface area contributed by atoms with Gasteiger partial charge in [0, 0.05) is 18.5 Å². The van der Waals surface area contributed by atoms with E-state index in [1.54, 1.807) is 0 Å². The molecule has 2 nitrogen and oxygen atoms in total. The van der Waals surface area contributed by atoms with Crippen LogP contribution in [-0.2, 0) is 6.42 Å². The van der Waals surface area contributed by atoms with E-state index in [-0.39, 0.29) is 6.10 Å². The summed E-state index contributed by atoms with van der Waals surface area (Å²) >= 11 is 0. The molecule has 0 bridgehead atoms. The third kappa shape index (κ3) is 2.24. The number of ether oxygens (including phenoxy) is 1. The summed E-state index contributed by atoms with van der Waals surface area (Å²) < 4.78 is 6.00. The summed E-state index contributed by atoms with van der Waals surface area (Å²) in [6.07, 6.45) is 1.05. The van der Waals surface area contributed by atoms with Crippen molar-refractivity contribution >= 4 is 0 Å². The number of aryl methyl sites for hydroxylation is 2. The normalized spacial score (nSPS) is 17.1. The average molecular weight is 253 g/mol. The highest BCUT2D eigenvalue weighted by molar-refractivity contribution is 5.74. The van der Waals surface area contributed by atoms with Gasteiger partial charge in [-0.05, 0) is 36.6 Å². The fourth-order valence-corrected chi connectivity index (χ4v) is 2.67. The van der Waals surface area contributed by atoms with E-state index < -0.39 is 0 Å². The lowest BCUT2D eigenvalue weighted by atomic mass is 9.97. The molecule has 0 radical (unpaired) electrons. The van der Waals surface area contributed by atoms with E-state index in [4.69, 9.17) is 10.5 Å². The van der Waals surface area contributed by atoms with Gasteiger partial charge in [-0.2, -0.15) is 0 Å². The third-order valence-corrected chi connectivity index (χ3v) is 3.67. The van der Waals surface area contributed by atoms with Crippen molar-refractivity contribution in [1.29, 1.82) is 0 Å². The van der Waals surface area contributed by atoms with E-state index in [1.165, 1.54) is 27.8 Å². The second-order valence-electron chi connectivity index (χ2n) is 5.35. The van der Waals surface area contributed by atoms with Crippen molar-refractivity contribution < 1.29 is 4.74 Å². The second kappa shape index (κ2) is 4.71. The molecular weight excluding hydrogens is 234 g/mol.